The molecule has 0 amide bonds. The number of nitrogens with one attached hydrogen (secondary N) is 2. The Morgan fingerprint density at radius 3 is 2.50 bits per heavy atom. The molecule has 0 radical (unpaired) electrons. The molecule has 0 spiro atoms. The average molecular weight is 388 g/mol. The molecular formula is C21H33N5O2. The molecule has 2 N–H and O–H groups in total. The number of benzene rings is 1. The summed E-state index contributed by atoms with van der Waals surface area (Å²) in [5.74, 6) is 2.73. The molecule has 7 nitrogen and oxygen atoms in total. The van der Waals surface area contributed by atoms with E-state index < -0.39 is 0 Å². The lowest BCUT2D eigenvalue weighted by Crippen LogP contribution is -2.40. The summed E-state index contributed by atoms with van der Waals surface area (Å²) in [6.45, 7) is 8.82. The molecule has 1 atom stereocenters. The number of aliphatic imine (C=N–C) groups is 1. The molecule has 7 heteroatoms. The molecule has 0 saturated carbocycles. The quantitative estimate of drug-likeness (QED) is 0.511. The van der Waals surface area contributed by atoms with Crippen molar-refractivity contribution in [1.29, 1.82) is 0 Å². The zero-order valence-corrected chi connectivity index (χ0v) is 17.9. The highest BCUT2D eigenvalue weighted by molar-refractivity contribution is 5.79. The van der Waals surface area contributed by atoms with E-state index in [1.54, 1.807) is 21.3 Å². The molecule has 0 bridgehead atoms. The second-order valence-electron chi connectivity index (χ2n) is 7.03. The van der Waals surface area contributed by atoms with Gasteiger partial charge < -0.3 is 20.1 Å². The Morgan fingerprint density at radius 1 is 1.14 bits per heavy atom. The molecule has 0 aliphatic rings. The number of rotatable bonds is 9. The van der Waals surface area contributed by atoms with Gasteiger partial charge in [-0.05, 0) is 49.9 Å². The Labute approximate surface area is 168 Å². The summed E-state index contributed by atoms with van der Waals surface area (Å²) >= 11 is 0. The van der Waals surface area contributed by atoms with Crippen LogP contribution in [0.15, 0.2) is 29.3 Å². The predicted molar refractivity (Wildman–Crippen MR) is 113 cm³/mol. The fourth-order valence-corrected chi connectivity index (χ4v) is 3.07. The first kappa shape index (κ1) is 21.6. The van der Waals surface area contributed by atoms with Crippen molar-refractivity contribution in [2.75, 3.05) is 34.4 Å². The van der Waals surface area contributed by atoms with Gasteiger partial charge in [0.1, 0.15) is 0 Å². The Balaban J connectivity index is 1.77. The molecule has 154 valence electrons. The van der Waals surface area contributed by atoms with Crippen LogP contribution in [0.25, 0.3) is 0 Å². The fourth-order valence-electron chi connectivity index (χ4n) is 3.07. The van der Waals surface area contributed by atoms with E-state index in [1.165, 1.54) is 11.3 Å². The van der Waals surface area contributed by atoms with Gasteiger partial charge in [-0.1, -0.05) is 13.0 Å². The topological polar surface area (TPSA) is 72.7 Å². The molecule has 1 heterocycles. The van der Waals surface area contributed by atoms with Gasteiger partial charge in [0.25, 0.3) is 0 Å². The van der Waals surface area contributed by atoms with Crippen molar-refractivity contribution in [3.63, 3.8) is 0 Å². The van der Waals surface area contributed by atoms with Gasteiger partial charge in [-0.3, -0.25) is 9.67 Å². The van der Waals surface area contributed by atoms with Crippen LogP contribution in [0.1, 0.15) is 23.9 Å². The lowest BCUT2D eigenvalue weighted by Gasteiger charge is -2.17. The summed E-state index contributed by atoms with van der Waals surface area (Å²) in [5.41, 5.74) is 3.44. The molecule has 1 aromatic carbocycles. The van der Waals surface area contributed by atoms with Gasteiger partial charge in [0.15, 0.2) is 17.5 Å². The van der Waals surface area contributed by atoms with Gasteiger partial charge >= 0.3 is 0 Å². The summed E-state index contributed by atoms with van der Waals surface area (Å²) < 4.78 is 12.7. The van der Waals surface area contributed by atoms with E-state index in [0.29, 0.717) is 5.92 Å². The lowest BCUT2D eigenvalue weighted by molar-refractivity contribution is 0.354. The molecule has 28 heavy (non-hydrogen) atoms. The Hall–Kier alpha value is -2.70. The van der Waals surface area contributed by atoms with E-state index in [1.807, 2.05) is 19.1 Å². The Morgan fingerprint density at radius 2 is 1.89 bits per heavy atom. The van der Waals surface area contributed by atoms with E-state index >= 15 is 0 Å². The first-order valence-electron chi connectivity index (χ1n) is 9.63. The zero-order chi connectivity index (χ0) is 20.5. The minimum atomic E-state index is 0.433. The SMILES string of the molecule is CN=C(NCCc1ccc(OC)c(OC)c1)NCC(C)Cn1nc(C)cc1C. The number of nitrogens with zero attached hydrogens (tertiary/aromatic N) is 3. The predicted octanol–water partition coefficient (Wildman–Crippen LogP) is 2.56. The standard InChI is InChI=1S/C21H33N5O2/c1-15(14-26-17(3)11-16(2)25-26)13-24-21(22-4)23-10-9-18-7-8-19(27-5)20(12-18)28-6/h7-8,11-12,15H,9-10,13-14H2,1-6H3,(H2,22,23,24). The summed E-state index contributed by atoms with van der Waals surface area (Å²) in [6.07, 6.45) is 0.863. The average Bonchev–Trinajstić information content (AvgIpc) is 3.00. The minimum Gasteiger partial charge on any atom is -0.493 e. The molecule has 0 aliphatic carbocycles. The van der Waals surface area contributed by atoms with Gasteiger partial charge in [0.05, 0.1) is 19.9 Å². The second-order valence-corrected chi connectivity index (χ2v) is 7.03. The molecule has 1 unspecified atom stereocenters. The summed E-state index contributed by atoms with van der Waals surface area (Å²) in [7, 11) is 5.08. The van der Waals surface area contributed by atoms with Gasteiger partial charge in [-0.25, -0.2) is 0 Å². The molecule has 1 aromatic heterocycles. The summed E-state index contributed by atoms with van der Waals surface area (Å²) in [6, 6.07) is 8.10. The number of aromatic nitrogens is 2. The number of aryl methyl sites for hydroxylation is 2. The minimum absolute atomic E-state index is 0.433. The number of methoxy groups -OCH3 is 2. The first-order chi connectivity index (χ1) is 13.5. The highest BCUT2D eigenvalue weighted by Crippen LogP contribution is 2.27. The van der Waals surface area contributed by atoms with Crippen LogP contribution in [-0.2, 0) is 13.0 Å². The third-order valence-corrected chi connectivity index (χ3v) is 4.58. The monoisotopic (exact) mass is 387 g/mol. The largest absolute Gasteiger partial charge is 0.493 e. The highest BCUT2D eigenvalue weighted by atomic mass is 16.5. The molecular weight excluding hydrogens is 354 g/mol. The Bertz CT molecular complexity index is 785. The van der Waals surface area contributed by atoms with Crippen LogP contribution >= 0.6 is 0 Å². The van der Waals surface area contributed by atoms with E-state index in [-0.39, 0.29) is 0 Å². The van der Waals surface area contributed by atoms with Crippen molar-refractivity contribution in [1.82, 2.24) is 20.4 Å². The number of hydrogen-bond donors (Lipinski definition) is 2. The van der Waals surface area contributed by atoms with Crippen molar-refractivity contribution in [2.45, 2.75) is 33.7 Å². The van der Waals surface area contributed by atoms with E-state index in [2.05, 4.69) is 51.4 Å². The maximum absolute atomic E-state index is 5.36. The van der Waals surface area contributed by atoms with Crippen LogP contribution < -0.4 is 20.1 Å². The number of hydrogen-bond acceptors (Lipinski definition) is 4. The van der Waals surface area contributed by atoms with Crippen molar-refractivity contribution >= 4 is 5.96 Å². The zero-order valence-electron chi connectivity index (χ0n) is 17.9. The van der Waals surface area contributed by atoms with Crippen LogP contribution in [0, 0.1) is 19.8 Å². The van der Waals surface area contributed by atoms with E-state index in [4.69, 9.17) is 9.47 Å². The van der Waals surface area contributed by atoms with Gasteiger partial charge in [-0.15, -0.1) is 0 Å². The van der Waals surface area contributed by atoms with Crippen molar-refractivity contribution < 1.29 is 9.47 Å². The van der Waals surface area contributed by atoms with Gasteiger partial charge in [-0.2, -0.15) is 5.10 Å². The van der Waals surface area contributed by atoms with Crippen LogP contribution in [0.4, 0.5) is 0 Å². The van der Waals surface area contributed by atoms with Crippen LogP contribution in [-0.4, -0.2) is 50.1 Å². The maximum atomic E-state index is 5.36. The summed E-state index contributed by atoms with van der Waals surface area (Å²) in [4.78, 5) is 4.31. The van der Waals surface area contributed by atoms with Crippen molar-refractivity contribution in [3.8, 4) is 11.5 Å². The van der Waals surface area contributed by atoms with Crippen molar-refractivity contribution in [2.24, 2.45) is 10.9 Å². The van der Waals surface area contributed by atoms with Crippen LogP contribution in [0.3, 0.4) is 0 Å². The summed E-state index contributed by atoms with van der Waals surface area (Å²) in [5, 5.41) is 11.3. The first-order valence-corrected chi connectivity index (χ1v) is 9.63. The lowest BCUT2D eigenvalue weighted by atomic mass is 10.1. The molecule has 2 rings (SSSR count). The molecule has 2 aromatic rings. The highest BCUT2D eigenvalue weighted by Gasteiger charge is 2.09. The second kappa shape index (κ2) is 10.6. The van der Waals surface area contributed by atoms with Crippen LogP contribution in [0.2, 0.25) is 0 Å². The van der Waals surface area contributed by atoms with Gasteiger partial charge in [0.2, 0.25) is 0 Å². The number of ether oxygens (including phenoxy) is 2. The van der Waals surface area contributed by atoms with Crippen LogP contribution in [0.5, 0.6) is 11.5 Å². The smallest absolute Gasteiger partial charge is 0.190 e. The molecule has 0 saturated heterocycles. The Kier molecular flexibility index (Phi) is 8.17. The maximum Gasteiger partial charge on any atom is 0.190 e. The fraction of sp³-hybridized carbons (Fsp3) is 0.524. The van der Waals surface area contributed by atoms with Crippen molar-refractivity contribution in [3.05, 3.63) is 41.2 Å². The molecule has 0 aliphatic heterocycles. The third-order valence-electron chi connectivity index (χ3n) is 4.58. The third kappa shape index (κ3) is 6.18. The van der Waals surface area contributed by atoms with E-state index in [9.17, 15) is 0 Å². The van der Waals surface area contributed by atoms with Gasteiger partial charge in [0, 0.05) is 32.4 Å². The normalized spacial score (nSPS) is 12.6. The molecule has 0 fully saturated rings. The van der Waals surface area contributed by atoms with E-state index in [0.717, 1.165) is 49.2 Å². The number of guanidine groups is 1.